The van der Waals surface area contributed by atoms with Crippen LogP contribution in [0.15, 0.2) is 0 Å². The van der Waals surface area contributed by atoms with Crippen LogP contribution in [0.2, 0.25) is 0 Å². The van der Waals surface area contributed by atoms with E-state index in [9.17, 15) is 9.59 Å². The van der Waals surface area contributed by atoms with Gasteiger partial charge in [0.15, 0.2) is 0 Å². The van der Waals surface area contributed by atoms with Crippen LogP contribution in [0.3, 0.4) is 0 Å². The molecule has 1 amide bonds. The molecule has 0 bridgehead atoms. The maximum atomic E-state index is 12.1. The van der Waals surface area contributed by atoms with E-state index in [0.29, 0.717) is 5.92 Å². The molecule has 0 heterocycles. The van der Waals surface area contributed by atoms with Crippen molar-refractivity contribution in [3.63, 3.8) is 0 Å². The van der Waals surface area contributed by atoms with Crippen LogP contribution < -0.4 is 5.32 Å². The van der Waals surface area contributed by atoms with E-state index in [-0.39, 0.29) is 17.9 Å². The number of carboxylic acid groups (broad SMARTS) is 1. The number of amides is 1. The third-order valence-electron chi connectivity index (χ3n) is 4.66. The molecule has 18 heavy (non-hydrogen) atoms. The van der Waals surface area contributed by atoms with Crippen LogP contribution in [0.1, 0.15) is 46.5 Å². The maximum Gasteiger partial charge on any atom is 0.307 e. The van der Waals surface area contributed by atoms with Crippen LogP contribution in [0.5, 0.6) is 0 Å². The first-order valence-electron chi connectivity index (χ1n) is 6.87. The number of rotatable bonds is 3. The summed E-state index contributed by atoms with van der Waals surface area (Å²) in [5, 5.41) is 12.1. The van der Waals surface area contributed by atoms with Crippen molar-refractivity contribution in [1.82, 2.24) is 5.32 Å². The average Bonchev–Trinajstić information content (AvgIpc) is 2.81. The number of hydrogen-bond acceptors (Lipinski definition) is 2. The molecule has 0 spiro atoms. The van der Waals surface area contributed by atoms with E-state index in [2.05, 4.69) is 12.2 Å². The lowest BCUT2D eigenvalue weighted by Gasteiger charge is -2.27. The Balaban J connectivity index is 1.91. The first-order chi connectivity index (χ1) is 8.34. The minimum Gasteiger partial charge on any atom is -0.481 e. The van der Waals surface area contributed by atoms with Crippen molar-refractivity contribution in [2.75, 3.05) is 0 Å². The van der Waals surface area contributed by atoms with Crippen LogP contribution in [-0.4, -0.2) is 23.0 Å². The molecule has 0 radical (unpaired) electrons. The molecule has 4 heteroatoms. The summed E-state index contributed by atoms with van der Waals surface area (Å²) in [7, 11) is 0. The minimum atomic E-state index is -0.850. The summed E-state index contributed by atoms with van der Waals surface area (Å²) in [4.78, 5) is 23.2. The van der Waals surface area contributed by atoms with Crippen molar-refractivity contribution >= 4 is 11.9 Å². The van der Waals surface area contributed by atoms with Gasteiger partial charge in [-0.1, -0.05) is 33.6 Å². The van der Waals surface area contributed by atoms with Gasteiger partial charge in [0.25, 0.3) is 0 Å². The van der Waals surface area contributed by atoms with Crippen LogP contribution >= 0.6 is 0 Å². The Morgan fingerprint density at radius 3 is 2.39 bits per heavy atom. The Morgan fingerprint density at radius 2 is 1.89 bits per heavy atom. The molecule has 4 nitrogen and oxygen atoms in total. The third-order valence-corrected chi connectivity index (χ3v) is 4.66. The average molecular weight is 253 g/mol. The lowest BCUT2D eigenvalue weighted by molar-refractivity contribution is -0.140. The molecule has 2 rings (SSSR count). The molecule has 0 aromatic rings. The van der Waals surface area contributed by atoms with Gasteiger partial charge >= 0.3 is 5.97 Å². The normalized spacial score (nSPS) is 37.9. The van der Waals surface area contributed by atoms with E-state index in [4.69, 9.17) is 5.11 Å². The first-order valence-corrected chi connectivity index (χ1v) is 6.87. The topological polar surface area (TPSA) is 66.4 Å². The number of carbonyl (C=O) groups is 2. The van der Waals surface area contributed by atoms with Gasteiger partial charge in [0.2, 0.25) is 5.91 Å². The van der Waals surface area contributed by atoms with Crippen LogP contribution in [0.25, 0.3) is 0 Å². The summed E-state index contributed by atoms with van der Waals surface area (Å²) >= 11 is 0. The number of carboxylic acids is 1. The summed E-state index contributed by atoms with van der Waals surface area (Å²) in [6, 6.07) is 0.243. The summed E-state index contributed by atoms with van der Waals surface area (Å²) in [5.41, 5.74) is -0.393. The Labute approximate surface area is 108 Å². The molecule has 0 saturated heterocycles. The van der Waals surface area contributed by atoms with Crippen molar-refractivity contribution in [3.05, 3.63) is 0 Å². The molecule has 2 unspecified atom stereocenters. The van der Waals surface area contributed by atoms with Crippen molar-refractivity contribution in [3.8, 4) is 0 Å². The number of aliphatic carboxylic acids is 1. The smallest absolute Gasteiger partial charge is 0.307 e. The zero-order valence-electron chi connectivity index (χ0n) is 11.4. The highest BCUT2D eigenvalue weighted by Gasteiger charge is 2.65. The zero-order valence-corrected chi connectivity index (χ0v) is 11.4. The fourth-order valence-electron chi connectivity index (χ4n) is 3.44. The molecular formula is C14H23NO3. The van der Waals surface area contributed by atoms with Crippen molar-refractivity contribution in [2.24, 2.45) is 23.2 Å². The highest BCUT2D eigenvalue weighted by molar-refractivity contribution is 5.91. The minimum absolute atomic E-state index is 0.0634. The molecule has 2 aliphatic rings. The predicted molar refractivity (Wildman–Crippen MR) is 68.0 cm³/mol. The van der Waals surface area contributed by atoms with E-state index >= 15 is 0 Å². The van der Waals surface area contributed by atoms with E-state index in [1.54, 1.807) is 0 Å². The second kappa shape index (κ2) is 4.56. The van der Waals surface area contributed by atoms with Crippen LogP contribution in [-0.2, 0) is 9.59 Å². The number of hydrogen-bond donors (Lipinski definition) is 2. The van der Waals surface area contributed by atoms with Crippen molar-refractivity contribution in [2.45, 2.75) is 52.5 Å². The molecule has 102 valence electrons. The fourth-order valence-corrected chi connectivity index (χ4v) is 3.44. The molecule has 2 N–H and O–H groups in total. The monoisotopic (exact) mass is 253 g/mol. The molecule has 2 aliphatic carbocycles. The molecule has 0 aliphatic heterocycles. The van der Waals surface area contributed by atoms with Gasteiger partial charge in [0.05, 0.1) is 11.8 Å². The number of nitrogens with one attached hydrogen (secondary N) is 1. The van der Waals surface area contributed by atoms with Gasteiger partial charge in [0.1, 0.15) is 0 Å². The lowest BCUT2D eigenvalue weighted by atomic mass is 9.87. The van der Waals surface area contributed by atoms with Gasteiger partial charge in [-0.25, -0.2) is 0 Å². The molecule has 2 saturated carbocycles. The molecule has 4 atom stereocenters. The van der Waals surface area contributed by atoms with Crippen molar-refractivity contribution < 1.29 is 14.7 Å². The summed E-state index contributed by atoms with van der Waals surface area (Å²) in [6.45, 7) is 5.93. The molecule has 0 aromatic carbocycles. The SMILES string of the molecule is CC1CCCC(NC(=O)[C@H]2[C@@H](C(=O)O)C2(C)C)C1. The standard InChI is InChI=1S/C14H23NO3/c1-8-5-4-6-9(7-8)15-12(16)10-11(13(17)18)14(10,2)3/h8-11H,4-7H2,1-3H3,(H,15,16)(H,17,18)/t8?,9?,10-,11+/m1/s1. The highest BCUT2D eigenvalue weighted by Crippen LogP contribution is 2.58. The second-order valence-corrected chi connectivity index (χ2v) is 6.59. The Kier molecular flexibility index (Phi) is 3.39. The molecule has 0 aromatic heterocycles. The van der Waals surface area contributed by atoms with Crippen LogP contribution in [0, 0.1) is 23.2 Å². The lowest BCUT2D eigenvalue weighted by Crippen LogP contribution is -2.39. The van der Waals surface area contributed by atoms with Gasteiger partial charge in [-0.15, -0.1) is 0 Å². The van der Waals surface area contributed by atoms with E-state index < -0.39 is 17.3 Å². The highest BCUT2D eigenvalue weighted by atomic mass is 16.4. The summed E-state index contributed by atoms with van der Waals surface area (Å²) < 4.78 is 0. The van der Waals surface area contributed by atoms with Gasteiger partial charge < -0.3 is 10.4 Å². The molecule has 2 fully saturated rings. The fraction of sp³-hybridized carbons (Fsp3) is 0.857. The van der Waals surface area contributed by atoms with Gasteiger partial charge in [-0.05, 0) is 24.2 Å². The third kappa shape index (κ3) is 2.38. The second-order valence-electron chi connectivity index (χ2n) is 6.59. The maximum absolute atomic E-state index is 12.1. The summed E-state index contributed by atoms with van der Waals surface area (Å²) in [6.07, 6.45) is 4.44. The van der Waals surface area contributed by atoms with Gasteiger partial charge in [-0.3, -0.25) is 9.59 Å². The predicted octanol–water partition coefficient (Wildman–Crippen LogP) is 2.04. The van der Waals surface area contributed by atoms with Gasteiger partial charge in [0, 0.05) is 6.04 Å². The van der Waals surface area contributed by atoms with E-state index in [1.165, 1.54) is 6.42 Å². The Morgan fingerprint density at radius 1 is 1.22 bits per heavy atom. The zero-order chi connectivity index (χ0) is 13.5. The van der Waals surface area contributed by atoms with Crippen molar-refractivity contribution in [1.29, 1.82) is 0 Å². The Bertz CT molecular complexity index is 364. The van der Waals surface area contributed by atoms with E-state index in [0.717, 1.165) is 19.3 Å². The molecular weight excluding hydrogens is 230 g/mol. The van der Waals surface area contributed by atoms with Gasteiger partial charge in [-0.2, -0.15) is 0 Å². The number of carbonyl (C=O) groups excluding carboxylic acids is 1. The summed E-state index contributed by atoms with van der Waals surface area (Å²) in [5.74, 6) is -1.12. The quantitative estimate of drug-likeness (QED) is 0.809. The van der Waals surface area contributed by atoms with E-state index in [1.807, 2.05) is 13.8 Å². The Hall–Kier alpha value is -1.06. The largest absolute Gasteiger partial charge is 0.481 e. The first kappa shape index (κ1) is 13.4. The van der Waals surface area contributed by atoms with Crippen LogP contribution in [0.4, 0.5) is 0 Å².